The van der Waals surface area contributed by atoms with E-state index >= 15 is 0 Å². The van der Waals surface area contributed by atoms with Gasteiger partial charge in [-0.15, -0.1) is 0 Å². The molecule has 2 nitrogen and oxygen atoms in total. The van der Waals surface area contributed by atoms with Crippen molar-refractivity contribution in [3.63, 3.8) is 0 Å². The Morgan fingerprint density at radius 2 is 1.23 bits per heavy atom. The molecule has 0 unspecified atom stereocenters. The molecule has 13 heavy (non-hydrogen) atoms. The Hall–Kier alpha value is -0.0800. The third-order valence-electron chi connectivity index (χ3n) is 2.57. The molecule has 2 atom stereocenters. The molecule has 1 aliphatic rings. The van der Waals surface area contributed by atoms with Crippen molar-refractivity contribution in [2.45, 2.75) is 71.1 Å². The normalized spacial score (nSPS) is 29.1. The van der Waals surface area contributed by atoms with Gasteiger partial charge in [-0.3, -0.25) is 0 Å². The van der Waals surface area contributed by atoms with Crippen molar-refractivity contribution in [3.05, 3.63) is 0 Å². The summed E-state index contributed by atoms with van der Waals surface area (Å²) in [6, 6.07) is 2.75. The first kappa shape index (κ1) is 11.0. The minimum absolute atomic E-state index is 0.628. The summed E-state index contributed by atoms with van der Waals surface area (Å²) in [4.78, 5) is 0. The van der Waals surface area contributed by atoms with E-state index in [1.807, 2.05) is 0 Å². The number of hydrogen-bond acceptors (Lipinski definition) is 2. The molecule has 0 aromatic carbocycles. The van der Waals surface area contributed by atoms with Crippen molar-refractivity contribution < 1.29 is 0 Å². The Morgan fingerprint density at radius 3 is 1.54 bits per heavy atom. The van der Waals surface area contributed by atoms with Crippen LogP contribution in [0.1, 0.15) is 47.0 Å². The first-order valence-electron chi connectivity index (χ1n) is 5.60. The second kappa shape index (κ2) is 4.97. The van der Waals surface area contributed by atoms with Gasteiger partial charge in [0.2, 0.25) is 0 Å². The maximum atomic E-state index is 3.60. The van der Waals surface area contributed by atoms with Gasteiger partial charge in [0.25, 0.3) is 0 Å². The molecular weight excluding hydrogens is 160 g/mol. The maximum absolute atomic E-state index is 3.60. The van der Waals surface area contributed by atoms with Gasteiger partial charge in [0, 0.05) is 24.2 Å². The van der Waals surface area contributed by atoms with Gasteiger partial charge >= 0.3 is 0 Å². The SMILES string of the molecule is CC(C)N[C@H]1CC[C@H](NC(C)C)C1. The molecule has 1 fully saturated rings. The molecular formula is C11H24N2. The van der Waals surface area contributed by atoms with Crippen molar-refractivity contribution in [2.24, 2.45) is 0 Å². The summed E-state index contributed by atoms with van der Waals surface area (Å²) in [5.74, 6) is 0. The van der Waals surface area contributed by atoms with Crippen LogP contribution >= 0.6 is 0 Å². The second-order valence-corrected chi connectivity index (χ2v) is 4.85. The highest BCUT2D eigenvalue weighted by atomic mass is 15.0. The van der Waals surface area contributed by atoms with Crippen molar-refractivity contribution >= 4 is 0 Å². The van der Waals surface area contributed by atoms with Gasteiger partial charge in [-0.1, -0.05) is 27.7 Å². The molecule has 0 heterocycles. The topological polar surface area (TPSA) is 24.1 Å². The minimum atomic E-state index is 0.628. The predicted molar refractivity (Wildman–Crippen MR) is 58.0 cm³/mol. The summed E-state index contributed by atoms with van der Waals surface area (Å²) in [6.07, 6.45) is 3.97. The van der Waals surface area contributed by atoms with Crippen LogP contribution in [0.2, 0.25) is 0 Å². The van der Waals surface area contributed by atoms with Gasteiger partial charge in [-0.2, -0.15) is 0 Å². The Labute approximate surface area is 82.5 Å². The van der Waals surface area contributed by atoms with Crippen LogP contribution in [0.5, 0.6) is 0 Å². The van der Waals surface area contributed by atoms with Crippen molar-refractivity contribution in [1.82, 2.24) is 10.6 Å². The van der Waals surface area contributed by atoms with E-state index in [4.69, 9.17) is 0 Å². The zero-order chi connectivity index (χ0) is 9.84. The maximum Gasteiger partial charge on any atom is 0.00848 e. The third kappa shape index (κ3) is 4.10. The summed E-state index contributed by atoms with van der Waals surface area (Å²) in [5, 5.41) is 7.21. The van der Waals surface area contributed by atoms with E-state index in [1.54, 1.807) is 0 Å². The monoisotopic (exact) mass is 184 g/mol. The van der Waals surface area contributed by atoms with E-state index < -0.39 is 0 Å². The highest BCUT2D eigenvalue weighted by molar-refractivity contribution is 4.86. The molecule has 78 valence electrons. The lowest BCUT2D eigenvalue weighted by atomic mass is 10.2. The van der Waals surface area contributed by atoms with E-state index in [1.165, 1.54) is 19.3 Å². The Kier molecular flexibility index (Phi) is 4.20. The van der Waals surface area contributed by atoms with Crippen molar-refractivity contribution in [3.8, 4) is 0 Å². The quantitative estimate of drug-likeness (QED) is 0.697. The van der Waals surface area contributed by atoms with Gasteiger partial charge in [0.05, 0.1) is 0 Å². The van der Waals surface area contributed by atoms with Crippen LogP contribution in [0.15, 0.2) is 0 Å². The number of hydrogen-bond donors (Lipinski definition) is 2. The second-order valence-electron chi connectivity index (χ2n) is 4.85. The van der Waals surface area contributed by atoms with Crippen LogP contribution in [0, 0.1) is 0 Å². The van der Waals surface area contributed by atoms with Crippen molar-refractivity contribution in [1.29, 1.82) is 0 Å². The van der Waals surface area contributed by atoms with E-state index in [9.17, 15) is 0 Å². The van der Waals surface area contributed by atoms with Gasteiger partial charge < -0.3 is 10.6 Å². The molecule has 2 N–H and O–H groups in total. The minimum Gasteiger partial charge on any atom is -0.312 e. The lowest BCUT2D eigenvalue weighted by Gasteiger charge is -2.18. The van der Waals surface area contributed by atoms with E-state index in [0.717, 1.165) is 12.1 Å². The Bertz CT molecular complexity index is 127. The third-order valence-corrected chi connectivity index (χ3v) is 2.57. The van der Waals surface area contributed by atoms with Gasteiger partial charge in [-0.05, 0) is 19.3 Å². The molecule has 0 saturated heterocycles. The molecule has 0 spiro atoms. The largest absolute Gasteiger partial charge is 0.312 e. The van der Waals surface area contributed by atoms with Crippen LogP contribution in [0.3, 0.4) is 0 Å². The molecule has 0 radical (unpaired) electrons. The lowest BCUT2D eigenvalue weighted by molar-refractivity contribution is 0.433. The fraction of sp³-hybridized carbons (Fsp3) is 1.00. The Balaban J connectivity index is 2.20. The molecule has 0 aromatic rings. The molecule has 0 aliphatic heterocycles. The highest BCUT2D eigenvalue weighted by Crippen LogP contribution is 2.19. The summed E-state index contributed by atoms with van der Waals surface area (Å²) >= 11 is 0. The van der Waals surface area contributed by atoms with Gasteiger partial charge in [0.15, 0.2) is 0 Å². The summed E-state index contributed by atoms with van der Waals surface area (Å²) in [6.45, 7) is 8.90. The standard InChI is InChI=1S/C11H24N2/c1-8(2)12-10-5-6-11(7-10)13-9(3)4/h8-13H,5-7H2,1-4H3/t10-,11-/m0/s1. The van der Waals surface area contributed by atoms with Gasteiger partial charge in [-0.25, -0.2) is 0 Å². The lowest BCUT2D eigenvalue weighted by Crippen LogP contribution is -2.37. The first-order chi connectivity index (χ1) is 6.08. The van der Waals surface area contributed by atoms with Crippen LogP contribution in [0.25, 0.3) is 0 Å². The zero-order valence-electron chi connectivity index (χ0n) is 9.43. The van der Waals surface area contributed by atoms with Crippen LogP contribution in [-0.4, -0.2) is 24.2 Å². The fourth-order valence-corrected chi connectivity index (χ4v) is 2.23. The van der Waals surface area contributed by atoms with Gasteiger partial charge in [0.1, 0.15) is 0 Å². The summed E-state index contributed by atoms with van der Waals surface area (Å²) in [5.41, 5.74) is 0. The smallest absolute Gasteiger partial charge is 0.00848 e. The number of nitrogens with one attached hydrogen (secondary N) is 2. The molecule has 1 rings (SSSR count). The molecule has 0 aromatic heterocycles. The first-order valence-corrected chi connectivity index (χ1v) is 5.60. The number of rotatable bonds is 4. The fourth-order valence-electron chi connectivity index (χ4n) is 2.23. The molecule has 1 aliphatic carbocycles. The molecule has 2 heteroatoms. The van der Waals surface area contributed by atoms with E-state index in [-0.39, 0.29) is 0 Å². The van der Waals surface area contributed by atoms with Crippen LogP contribution < -0.4 is 10.6 Å². The van der Waals surface area contributed by atoms with Crippen LogP contribution in [-0.2, 0) is 0 Å². The molecule has 0 bridgehead atoms. The highest BCUT2D eigenvalue weighted by Gasteiger charge is 2.24. The predicted octanol–water partition coefficient (Wildman–Crippen LogP) is 1.90. The Morgan fingerprint density at radius 1 is 0.846 bits per heavy atom. The molecule has 1 saturated carbocycles. The zero-order valence-corrected chi connectivity index (χ0v) is 9.43. The summed E-state index contributed by atoms with van der Waals surface area (Å²) in [7, 11) is 0. The average molecular weight is 184 g/mol. The summed E-state index contributed by atoms with van der Waals surface area (Å²) < 4.78 is 0. The van der Waals surface area contributed by atoms with E-state index in [2.05, 4.69) is 38.3 Å². The van der Waals surface area contributed by atoms with Crippen molar-refractivity contribution in [2.75, 3.05) is 0 Å². The van der Waals surface area contributed by atoms with E-state index in [0.29, 0.717) is 12.1 Å². The molecule has 0 amide bonds. The average Bonchev–Trinajstić information content (AvgIpc) is 2.33. The van der Waals surface area contributed by atoms with Crippen LogP contribution in [0.4, 0.5) is 0 Å².